The monoisotopic (exact) mass is 356 g/mol. The standard InChI is InChI=1S/C22H28O2S/c1-13-11-16-9-10-18-14(2)21(15(3)19(12-13)20(16)18)24-22(25)23-17-7-5-4-6-8-17/h4-8,11,14-16,18-21H,9-10,12H2,1-3H3/t14-,15-,16-,18-,19-,20?,21?/m1/s1. The molecule has 0 aromatic heterocycles. The molecule has 2 nitrogen and oxygen atoms in total. The lowest BCUT2D eigenvalue weighted by atomic mass is 9.57. The predicted octanol–water partition coefficient (Wildman–Crippen LogP) is 5.63. The normalized spacial score (nSPS) is 39.3. The van der Waals surface area contributed by atoms with Crippen molar-refractivity contribution in [2.24, 2.45) is 35.5 Å². The highest BCUT2D eigenvalue weighted by Gasteiger charge is 2.54. The first-order valence-corrected chi connectivity index (χ1v) is 10.1. The van der Waals surface area contributed by atoms with Crippen LogP contribution in [-0.2, 0) is 4.74 Å². The fourth-order valence-corrected chi connectivity index (χ4v) is 6.12. The summed E-state index contributed by atoms with van der Waals surface area (Å²) in [6.45, 7) is 7.02. The SMILES string of the molecule is CC1=C[C@H]2CC[C@H]3C2[C@H](C1)[C@@H](C)C(OC(=S)Oc1ccccc1)[C@@H]3C. The molecule has 4 rings (SSSR count). The van der Waals surface area contributed by atoms with Gasteiger partial charge in [0.05, 0.1) is 0 Å². The van der Waals surface area contributed by atoms with E-state index in [0.29, 0.717) is 11.8 Å². The molecule has 0 aliphatic heterocycles. The smallest absolute Gasteiger partial charge is 0.358 e. The Labute approximate surface area is 156 Å². The summed E-state index contributed by atoms with van der Waals surface area (Å²) in [4.78, 5) is 0. The van der Waals surface area contributed by atoms with Crippen LogP contribution in [0.4, 0.5) is 0 Å². The molecule has 134 valence electrons. The van der Waals surface area contributed by atoms with Crippen molar-refractivity contribution in [3.63, 3.8) is 0 Å². The van der Waals surface area contributed by atoms with Crippen LogP contribution in [0.1, 0.15) is 40.0 Å². The van der Waals surface area contributed by atoms with Gasteiger partial charge in [-0.2, -0.15) is 0 Å². The third kappa shape index (κ3) is 3.12. The van der Waals surface area contributed by atoms with Gasteiger partial charge in [0.25, 0.3) is 0 Å². The molecule has 2 unspecified atom stereocenters. The molecule has 7 atom stereocenters. The zero-order chi connectivity index (χ0) is 17.6. The van der Waals surface area contributed by atoms with Crippen molar-refractivity contribution in [2.75, 3.05) is 0 Å². The molecule has 25 heavy (non-hydrogen) atoms. The number of thiocarbonyl (C=S) groups is 1. The second-order valence-corrected chi connectivity index (χ2v) is 8.66. The Hall–Kier alpha value is -1.35. The van der Waals surface area contributed by atoms with Crippen LogP contribution in [0.15, 0.2) is 42.0 Å². The summed E-state index contributed by atoms with van der Waals surface area (Å²) in [6, 6.07) is 9.69. The Kier molecular flexibility index (Phi) is 4.61. The minimum absolute atomic E-state index is 0.159. The van der Waals surface area contributed by atoms with Crippen LogP contribution < -0.4 is 4.74 Å². The molecule has 0 amide bonds. The van der Waals surface area contributed by atoms with Crippen LogP contribution in [0.2, 0.25) is 0 Å². The van der Waals surface area contributed by atoms with Crippen LogP contribution in [0.5, 0.6) is 5.75 Å². The highest BCUT2D eigenvalue weighted by Crippen LogP contribution is 2.57. The molecule has 0 N–H and O–H groups in total. The van der Waals surface area contributed by atoms with E-state index in [9.17, 15) is 0 Å². The Morgan fingerprint density at radius 1 is 1.04 bits per heavy atom. The van der Waals surface area contributed by atoms with Crippen LogP contribution in [0.25, 0.3) is 0 Å². The largest absolute Gasteiger partial charge is 0.453 e. The van der Waals surface area contributed by atoms with Crippen LogP contribution in [0, 0.1) is 35.5 Å². The molecule has 1 aromatic rings. The number of para-hydroxylation sites is 1. The molecular formula is C22H28O2S. The summed E-state index contributed by atoms with van der Waals surface area (Å²) in [7, 11) is 0. The van der Waals surface area contributed by atoms with E-state index >= 15 is 0 Å². The first-order chi connectivity index (χ1) is 12.0. The van der Waals surface area contributed by atoms with Crippen molar-refractivity contribution in [1.82, 2.24) is 0 Å². The maximum absolute atomic E-state index is 6.24. The zero-order valence-corrected chi connectivity index (χ0v) is 16.2. The lowest BCUT2D eigenvalue weighted by Gasteiger charge is -2.50. The topological polar surface area (TPSA) is 18.5 Å². The van der Waals surface area contributed by atoms with Gasteiger partial charge >= 0.3 is 5.24 Å². The lowest BCUT2D eigenvalue weighted by molar-refractivity contribution is -0.0639. The first-order valence-electron chi connectivity index (χ1n) is 9.65. The van der Waals surface area contributed by atoms with Gasteiger partial charge in [-0.15, -0.1) is 0 Å². The Bertz CT molecular complexity index is 668. The number of hydrogen-bond acceptors (Lipinski definition) is 3. The predicted molar refractivity (Wildman–Crippen MR) is 104 cm³/mol. The van der Waals surface area contributed by atoms with Crippen molar-refractivity contribution >= 4 is 17.5 Å². The van der Waals surface area contributed by atoms with Gasteiger partial charge in [-0.05, 0) is 73.8 Å². The fraction of sp³-hybridized carbons (Fsp3) is 0.591. The van der Waals surface area contributed by atoms with Crippen molar-refractivity contribution < 1.29 is 9.47 Å². The Balaban J connectivity index is 1.50. The maximum Gasteiger partial charge on any atom is 0.358 e. The summed E-state index contributed by atoms with van der Waals surface area (Å²) < 4.78 is 12.0. The first kappa shape index (κ1) is 17.1. The Morgan fingerprint density at radius 2 is 1.76 bits per heavy atom. The zero-order valence-electron chi connectivity index (χ0n) is 15.4. The minimum Gasteiger partial charge on any atom is -0.453 e. The van der Waals surface area contributed by atoms with Gasteiger partial charge in [0.15, 0.2) is 0 Å². The molecule has 1 aromatic carbocycles. The van der Waals surface area contributed by atoms with Gasteiger partial charge in [-0.25, -0.2) is 0 Å². The highest BCUT2D eigenvalue weighted by atomic mass is 32.1. The van der Waals surface area contributed by atoms with Gasteiger partial charge in [-0.3, -0.25) is 0 Å². The molecule has 2 saturated carbocycles. The summed E-state index contributed by atoms with van der Waals surface area (Å²) in [6.07, 6.45) is 6.61. The number of rotatable bonds is 2. The molecule has 0 radical (unpaired) electrons. The molecule has 3 aliphatic rings. The van der Waals surface area contributed by atoms with Crippen molar-refractivity contribution in [1.29, 1.82) is 0 Å². The average Bonchev–Trinajstić information content (AvgIpc) is 3.01. The molecule has 0 heterocycles. The van der Waals surface area contributed by atoms with Gasteiger partial charge in [-0.1, -0.05) is 43.7 Å². The summed E-state index contributed by atoms with van der Waals surface area (Å²) in [5.41, 5.74) is 1.56. The van der Waals surface area contributed by atoms with Gasteiger partial charge in [0.2, 0.25) is 0 Å². The van der Waals surface area contributed by atoms with E-state index in [0.717, 1.165) is 29.4 Å². The van der Waals surface area contributed by atoms with E-state index in [1.165, 1.54) is 19.3 Å². The summed E-state index contributed by atoms with van der Waals surface area (Å²) in [5, 5.41) is 0.269. The van der Waals surface area contributed by atoms with Crippen LogP contribution >= 0.6 is 12.2 Å². The average molecular weight is 357 g/mol. The maximum atomic E-state index is 6.24. The molecule has 0 bridgehead atoms. The van der Waals surface area contributed by atoms with Crippen molar-refractivity contribution in [2.45, 2.75) is 46.1 Å². The van der Waals surface area contributed by atoms with E-state index in [2.05, 4.69) is 26.8 Å². The number of benzene rings is 1. The second kappa shape index (κ2) is 6.75. The molecule has 0 spiro atoms. The van der Waals surface area contributed by atoms with Crippen LogP contribution in [-0.4, -0.2) is 11.3 Å². The van der Waals surface area contributed by atoms with E-state index < -0.39 is 0 Å². The van der Waals surface area contributed by atoms with E-state index in [4.69, 9.17) is 21.7 Å². The van der Waals surface area contributed by atoms with E-state index in [-0.39, 0.29) is 11.3 Å². The summed E-state index contributed by atoms with van der Waals surface area (Å²) in [5.74, 6) is 4.92. The third-order valence-electron chi connectivity index (χ3n) is 6.94. The quantitative estimate of drug-likeness (QED) is 0.505. The highest BCUT2D eigenvalue weighted by molar-refractivity contribution is 7.79. The lowest BCUT2D eigenvalue weighted by Crippen LogP contribution is -2.50. The van der Waals surface area contributed by atoms with E-state index in [1.54, 1.807) is 5.57 Å². The fourth-order valence-electron chi connectivity index (χ4n) is 5.91. The second-order valence-electron chi connectivity index (χ2n) is 8.33. The number of allylic oxidation sites excluding steroid dienone is 2. The minimum atomic E-state index is 0.159. The summed E-state index contributed by atoms with van der Waals surface area (Å²) >= 11 is 5.42. The Morgan fingerprint density at radius 3 is 2.52 bits per heavy atom. The van der Waals surface area contributed by atoms with Crippen LogP contribution in [0.3, 0.4) is 0 Å². The molecular weight excluding hydrogens is 328 g/mol. The van der Waals surface area contributed by atoms with Gasteiger partial charge in [0, 0.05) is 12.2 Å². The molecule has 0 saturated heterocycles. The molecule has 3 aliphatic carbocycles. The molecule has 3 heteroatoms. The van der Waals surface area contributed by atoms with Gasteiger partial charge in [0.1, 0.15) is 11.9 Å². The number of hydrogen-bond donors (Lipinski definition) is 0. The third-order valence-corrected chi connectivity index (χ3v) is 7.12. The van der Waals surface area contributed by atoms with E-state index in [1.807, 2.05) is 30.3 Å². The van der Waals surface area contributed by atoms with Gasteiger partial charge < -0.3 is 9.47 Å². The molecule has 2 fully saturated rings. The number of ether oxygens (including phenoxy) is 2. The van der Waals surface area contributed by atoms with Crippen molar-refractivity contribution in [3.8, 4) is 5.75 Å². The van der Waals surface area contributed by atoms with Crippen molar-refractivity contribution in [3.05, 3.63) is 42.0 Å².